The number of sulfonamides is 1. The van der Waals surface area contributed by atoms with Crippen molar-refractivity contribution in [2.24, 2.45) is 0 Å². The summed E-state index contributed by atoms with van der Waals surface area (Å²) in [4.78, 5) is 28.7. The molecule has 0 aliphatic heterocycles. The Kier molecular flexibility index (Phi) is 12.0. The van der Waals surface area contributed by atoms with E-state index in [0.29, 0.717) is 30.2 Å². The van der Waals surface area contributed by atoms with Crippen LogP contribution in [-0.2, 0) is 26.0 Å². The van der Waals surface area contributed by atoms with E-state index in [9.17, 15) is 18.0 Å². The van der Waals surface area contributed by atoms with Crippen LogP contribution in [0.15, 0.2) is 83.8 Å². The van der Waals surface area contributed by atoms with Gasteiger partial charge in [-0.1, -0.05) is 68.3 Å². The number of carbonyl (C=O) groups excluding carboxylic acids is 2. The van der Waals surface area contributed by atoms with Crippen molar-refractivity contribution in [1.29, 1.82) is 0 Å². The minimum Gasteiger partial charge on any atom is -0.497 e. The fraction of sp³-hybridized carbons (Fsp3) is 0.355. The smallest absolute Gasteiger partial charge is 0.264 e. The summed E-state index contributed by atoms with van der Waals surface area (Å²) in [6, 6.07) is 21.2. The molecular weight excluding hydrogens is 562 g/mol. The molecule has 0 radical (unpaired) electrons. The third kappa shape index (κ3) is 8.71. The number of amides is 2. The molecule has 3 aromatic rings. The number of hydrogen-bond donors (Lipinski definition) is 1. The Balaban J connectivity index is 1.99. The van der Waals surface area contributed by atoms with Crippen molar-refractivity contribution in [3.8, 4) is 5.75 Å². The zero-order valence-electron chi connectivity index (χ0n) is 23.8. The number of anilines is 1. The van der Waals surface area contributed by atoms with Crippen LogP contribution in [0.5, 0.6) is 5.75 Å². The van der Waals surface area contributed by atoms with E-state index in [4.69, 9.17) is 16.3 Å². The third-order valence-electron chi connectivity index (χ3n) is 6.72. The molecule has 0 saturated carbocycles. The molecule has 0 bridgehead atoms. The van der Waals surface area contributed by atoms with Gasteiger partial charge >= 0.3 is 0 Å². The van der Waals surface area contributed by atoms with Crippen LogP contribution in [0.2, 0.25) is 5.02 Å². The molecule has 10 heteroatoms. The van der Waals surface area contributed by atoms with Crippen LogP contribution in [0.3, 0.4) is 0 Å². The SMILES string of the molecule is CCCCNC(=O)[C@@H](CC)N(CCc1ccccc1)C(=O)CN(c1cccc(Cl)c1)S(=O)(=O)c1ccc(OC)cc1. The van der Waals surface area contributed by atoms with Crippen molar-refractivity contribution < 1.29 is 22.7 Å². The van der Waals surface area contributed by atoms with E-state index in [2.05, 4.69) is 5.32 Å². The van der Waals surface area contributed by atoms with Gasteiger partial charge in [-0.2, -0.15) is 0 Å². The molecule has 0 aliphatic carbocycles. The zero-order chi connectivity index (χ0) is 29.8. The highest BCUT2D eigenvalue weighted by atomic mass is 35.5. The molecule has 0 heterocycles. The van der Waals surface area contributed by atoms with Crippen LogP contribution in [-0.4, -0.2) is 57.9 Å². The lowest BCUT2D eigenvalue weighted by atomic mass is 10.1. The van der Waals surface area contributed by atoms with Gasteiger partial charge in [0.25, 0.3) is 10.0 Å². The molecule has 0 saturated heterocycles. The average Bonchev–Trinajstić information content (AvgIpc) is 2.98. The summed E-state index contributed by atoms with van der Waals surface area (Å²) in [5, 5.41) is 3.26. The second-order valence-corrected chi connectivity index (χ2v) is 11.9. The lowest BCUT2D eigenvalue weighted by molar-refractivity contribution is -0.139. The normalized spacial score (nSPS) is 11.9. The first-order valence-electron chi connectivity index (χ1n) is 13.7. The van der Waals surface area contributed by atoms with Crippen LogP contribution in [0.4, 0.5) is 5.69 Å². The van der Waals surface area contributed by atoms with Gasteiger partial charge in [0, 0.05) is 18.1 Å². The summed E-state index contributed by atoms with van der Waals surface area (Å²) in [7, 11) is -2.70. The van der Waals surface area contributed by atoms with Crippen molar-refractivity contribution in [2.45, 2.75) is 50.5 Å². The number of nitrogens with zero attached hydrogens (tertiary/aromatic N) is 2. The number of ether oxygens (including phenoxy) is 1. The van der Waals surface area contributed by atoms with E-state index in [1.165, 1.54) is 30.2 Å². The van der Waals surface area contributed by atoms with Crippen LogP contribution < -0.4 is 14.4 Å². The minimum absolute atomic E-state index is 0.00809. The number of nitrogens with one attached hydrogen (secondary N) is 1. The van der Waals surface area contributed by atoms with E-state index in [1.54, 1.807) is 30.3 Å². The topological polar surface area (TPSA) is 96.0 Å². The Morgan fingerprint density at radius 3 is 2.29 bits per heavy atom. The predicted octanol–water partition coefficient (Wildman–Crippen LogP) is 5.31. The maximum Gasteiger partial charge on any atom is 0.264 e. The molecule has 0 aromatic heterocycles. The van der Waals surface area contributed by atoms with Crippen molar-refractivity contribution in [3.63, 3.8) is 0 Å². The lowest BCUT2D eigenvalue weighted by Gasteiger charge is -2.33. The van der Waals surface area contributed by atoms with Crippen molar-refractivity contribution >= 4 is 39.1 Å². The van der Waals surface area contributed by atoms with Gasteiger partial charge < -0.3 is 15.0 Å². The maximum absolute atomic E-state index is 14.0. The van der Waals surface area contributed by atoms with E-state index < -0.39 is 28.5 Å². The molecule has 8 nitrogen and oxygen atoms in total. The highest BCUT2D eigenvalue weighted by Gasteiger charge is 2.33. The first kappa shape index (κ1) is 32.0. The first-order chi connectivity index (χ1) is 19.7. The van der Waals surface area contributed by atoms with Crippen molar-refractivity contribution in [2.75, 3.05) is 31.0 Å². The number of unbranched alkanes of at least 4 members (excludes halogenated alkanes) is 1. The molecule has 1 atom stereocenters. The van der Waals surface area contributed by atoms with Gasteiger partial charge in [0.2, 0.25) is 11.8 Å². The molecule has 0 fully saturated rings. The Bertz CT molecular complexity index is 1380. The number of hydrogen-bond acceptors (Lipinski definition) is 5. The second kappa shape index (κ2) is 15.4. The molecule has 1 N–H and O–H groups in total. The number of methoxy groups -OCH3 is 1. The average molecular weight is 600 g/mol. The van der Waals surface area contributed by atoms with Gasteiger partial charge in [-0.25, -0.2) is 8.42 Å². The van der Waals surface area contributed by atoms with Gasteiger partial charge in [0.05, 0.1) is 17.7 Å². The molecule has 0 spiro atoms. The van der Waals surface area contributed by atoms with E-state index >= 15 is 0 Å². The first-order valence-corrected chi connectivity index (χ1v) is 15.6. The maximum atomic E-state index is 14.0. The van der Waals surface area contributed by atoms with E-state index in [1.807, 2.05) is 44.2 Å². The molecule has 3 aromatic carbocycles. The van der Waals surface area contributed by atoms with Crippen LogP contribution in [0, 0.1) is 0 Å². The number of halogens is 1. The summed E-state index contributed by atoms with van der Waals surface area (Å²) in [5.41, 5.74) is 1.24. The Labute approximate surface area is 248 Å². The highest BCUT2D eigenvalue weighted by Crippen LogP contribution is 2.27. The standard InChI is InChI=1S/C31H38ClN3O5S/c1-4-6-20-33-31(37)29(5-2)34(21-19-24-11-8-7-9-12-24)30(36)23-35(26-14-10-13-25(32)22-26)41(38,39)28-17-15-27(40-3)16-18-28/h7-18,22,29H,4-6,19-21,23H2,1-3H3,(H,33,37)/t29-/m1/s1. The van der Waals surface area contributed by atoms with E-state index in [-0.39, 0.29) is 23.0 Å². The van der Waals surface area contributed by atoms with Gasteiger partial charge in [-0.15, -0.1) is 0 Å². The van der Waals surface area contributed by atoms with Crippen LogP contribution >= 0.6 is 11.6 Å². The van der Waals surface area contributed by atoms with E-state index in [0.717, 1.165) is 22.7 Å². The van der Waals surface area contributed by atoms with Crippen molar-refractivity contribution in [1.82, 2.24) is 10.2 Å². The summed E-state index contributed by atoms with van der Waals surface area (Å²) in [6.45, 7) is 4.12. The van der Waals surface area contributed by atoms with Crippen LogP contribution in [0.1, 0.15) is 38.7 Å². The second-order valence-electron chi connectivity index (χ2n) is 9.56. The zero-order valence-corrected chi connectivity index (χ0v) is 25.3. The van der Waals surface area contributed by atoms with Gasteiger partial charge in [0.1, 0.15) is 18.3 Å². The van der Waals surface area contributed by atoms with Crippen molar-refractivity contribution in [3.05, 3.63) is 89.4 Å². The van der Waals surface area contributed by atoms with Gasteiger partial charge in [0.15, 0.2) is 0 Å². The number of benzene rings is 3. The third-order valence-corrected chi connectivity index (χ3v) is 8.75. The summed E-state index contributed by atoms with van der Waals surface area (Å²) >= 11 is 6.23. The Morgan fingerprint density at radius 2 is 1.68 bits per heavy atom. The lowest BCUT2D eigenvalue weighted by Crippen LogP contribution is -2.53. The Hall–Kier alpha value is -3.56. The molecular formula is C31H38ClN3O5S. The fourth-order valence-electron chi connectivity index (χ4n) is 4.44. The minimum atomic E-state index is -4.19. The molecule has 41 heavy (non-hydrogen) atoms. The Morgan fingerprint density at radius 1 is 0.976 bits per heavy atom. The quantitative estimate of drug-likeness (QED) is 0.239. The predicted molar refractivity (Wildman–Crippen MR) is 163 cm³/mol. The summed E-state index contributed by atoms with van der Waals surface area (Å²) < 4.78 is 34.1. The highest BCUT2D eigenvalue weighted by molar-refractivity contribution is 7.92. The number of rotatable bonds is 15. The molecule has 2 amide bonds. The number of carbonyl (C=O) groups is 2. The molecule has 3 rings (SSSR count). The molecule has 220 valence electrons. The molecule has 0 aliphatic rings. The molecule has 0 unspecified atom stereocenters. The van der Waals surface area contributed by atoms with Gasteiger partial charge in [-0.05, 0) is 67.3 Å². The fourth-order valence-corrected chi connectivity index (χ4v) is 6.03. The monoisotopic (exact) mass is 599 g/mol. The van der Waals surface area contributed by atoms with Crippen LogP contribution in [0.25, 0.3) is 0 Å². The van der Waals surface area contributed by atoms with Gasteiger partial charge in [-0.3, -0.25) is 13.9 Å². The summed E-state index contributed by atoms with van der Waals surface area (Å²) in [6.07, 6.45) is 2.63. The summed E-state index contributed by atoms with van der Waals surface area (Å²) in [5.74, 6) is -0.244. The largest absolute Gasteiger partial charge is 0.497 e.